The Balaban J connectivity index is 1.57. The van der Waals surface area contributed by atoms with Crippen LogP contribution in [-0.2, 0) is 10.8 Å². The first kappa shape index (κ1) is 23.6. The van der Waals surface area contributed by atoms with Crippen LogP contribution >= 0.6 is 11.3 Å². The zero-order valence-corrected chi connectivity index (χ0v) is 23.7. The van der Waals surface area contributed by atoms with Gasteiger partial charge in [0.05, 0.1) is 10.4 Å². The van der Waals surface area contributed by atoms with Crippen LogP contribution in [0.25, 0.3) is 21.2 Å². The summed E-state index contributed by atoms with van der Waals surface area (Å²) in [6.45, 7) is 13.5. The Morgan fingerprint density at radius 2 is 1.45 bits per heavy atom. The maximum atomic E-state index is 6.89. The van der Waals surface area contributed by atoms with Crippen LogP contribution in [0, 0.1) is 0 Å². The number of nitrogens with zero attached hydrogens (tertiary/aromatic N) is 1. The largest absolute Gasteiger partial charge is 0.551 e. The van der Waals surface area contributed by atoms with E-state index in [0.717, 1.165) is 5.75 Å². The molecule has 4 aromatic carbocycles. The molecule has 2 nitrogen and oxygen atoms in total. The summed E-state index contributed by atoms with van der Waals surface area (Å²) < 4.78 is 8.19. The summed E-state index contributed by atoms with van der Waals surface area (Å²) >= 11 is 1.82. The van der Waals surface area contributed by atoms with E-state index in [1.165, 1.54) is 60.3 Å². The van der Waals surface area contributed by atoms with Crippen molar-refractivity contribution in [2.45, 2.75) is 52.4 Å². The van der Waals surface area contributed by atoms with Crippen molar-refractivity contribution in [3.63, 3.8) is 0 Å². The quantitative estimate of drug-likeness (QED) is 0.209. The Kier molecular flexibility index (Phi) is 4.97. The maximum Gasteiger partial charge on any atom is 0.431 e. The van der Waals surface area contributed by atoms with Crippen LogP contribution in [0.2, 0.25) is 0 Å². The third kappa shape index (κ3) is 3.46. The molecule has 0 saturated heterocycles. The lowest BCUT2D eigenvalue weighted by molar-refractivity contribution is 0.585. The van der Waals surface area contributed by atoms with Gasteiger partial charge in [-0.1, -0.05) is 84.0 Å². The van der Waals surface area contributed by atoms with Crippen LogP contribution < -0.4 is 20.5 Å². The molecule has 0 fully saturated rings. The summed E-state index contributed by atoms with van der Waals surface area (Å²) in [5.74, 6) is 0.959. The summed E-state index contributed by atoms with van der Waals surface area (Å²) in [5, 5.41) is 3.50. The van der Waals surface area contributed by atoms with Gasteiger partial charge in [-0.3, -0.25) is 0 Å². The van der Waals surface area contributed by atoms with Crippen molar-refractivity contribution in [3.8, 4) is 16.9 Å². The minimum atomic E-state index is -0.149. The molecule has 0 unspecified atom stereocenters. The Morgan fingerprint density at radius 1 is 0.737 bits per heavy atom. The molecule has 0 atom stereocenters. The second-order valence-corrected chi connectivity index (χ2v) is 13.6. The second-order valence-electron chi connectivity index (χ2n) is 12.7. The van der Waals surface area contributed by atoms with Crippen LogP contribution in [-0.4, -0.2) is 6.92 Å². The van der Waals surface area contributed by atoms with E-state index >= 15 is 0 Å². The second kappa shape index (κ2) is 8.00. The van der Waals surface area contributed by atoms with Crippen LogP contribution in [0.3, 0.4) is 0 Å². The molecule has 7 rings (SSSR count). The first-order valence-corrected chi connectivity index (χ1v) is 14.3. The van der Waals surface area contributed by atoms with E-state index in [0.29, 0.717) is 0 Å². The predicted octanol–water partition coefficient (Wildman–Crippen LogP) is 8.44. The number of thiophene rings is 1. The lowest BCUT2D eigenvalue weighted by atomic mass is 9.49. The summed E-state index contributed by atoms with van der Waals surface area (Å²) in [6, 6.07) is 29.3. The molecule has 0 aliphatic carbocycles. The van der Waals surface area contributed by atoms with Gasteiger partial charge in [0.1, 0.15) is 5.75 Å². The third-order valence-corrected chi connectivity index (χ3v) is 9.01. The van der Waals surface area contributed by atoms with E-state index in [9.17, 15) is 0 Å². The van der Waals surface area contributed by atoms with Crippen molar-refractivity contribution in [1.82, 2.24) is 0 Å². The molecule has 3 heterocycles. The molecule has 188 valence electrons. The lowest BCUT2D eigenvalue weighted by Gasteiger charge is -2.40. The average molecular weight is 514 g/mol. The highest BCUT2D eigenvalue weighted by Gasteiger charge is 2.44. The van der Waals surface area contributed by atoms with Gasteiger partial charge >= 0.3 is 6.92 Å². The first-order chi connectivity index (χ1) is 18.1. The number of benzene rings is 4. The van der Waals surface area contributed by atoms with Crippen molar-refractivity contribution < 1.29 is 4.65 Å². The van der Waals surface area contributed by atoms with Crippen molar-refractivity contribution >= 4 is 56.3 Å². The van der Waals surface area contributed by atoms with E-state index in [4.69, 9.17) is 4.65 Å². The smallest absolute Gasteiger partial charge is 0.431 e. The van der Waals surface area contributed by atoms with Crippen LogP contribution in [0.4, 0.5) is 17.1 Å². The van der Waals surface area contributed by atoms with E-state index in [2.05, 4.69) is 131 Å². The minimum Gasteiger partial charge on any atom is -0.551 e. The van der Waals surface area contributed by atoms with Gasteiger partial charge in [0.2, 0.25) is 0 Å². The predicted molar refractivity (Wildman–Crippen MR) is 165 cm³/mol. The Morgan fingerprint density at radius 3 is 2.18 bits per heavy atom. The summed E-state index contributed by atoms with van der Waals surface area (Å²) in [5.41, 5.74) is 11.4. The molecular formula is C34H32BNOS. The molecule has 5 aromatic rings. The molecule has 2 aliphatic heterocycles. The van der Waals surface area contributed by atoms with Crippen molar-refractivity contribution in [2.75, 3.05) is 4.90 Å². The molecule has 0 bridgehead atoms. The zero-order chi connectivity index (χ0) is 26.4. The fourth-order valence-electron chi connectivity index (χ4n) is 5.95. The Bertz CT molecular complexity index is 1720. The third-order valence-electron chi connectivity index (χ3n) is 8.07. The van der Waals surface area contributed by atoms with Crippen LogP contribution in [0.1, 0.15) is 52.7 Å². The molecule has 0 N–H and O–H groups in total. The molecular weight excluding hydrogens is 481 g/mol. The van der Waals surface area contributed by atoms with Gasteiger partial charge in [0.25, 0.3) is 0 Å². The first-order valence-electron chi connectivity index (χ1n) is 13.5. The van der Waals surface area contributed by atoms with Gasteiger partial charge in [-0.15, -0.1) is 11.3 Å². The zero-order valence-electron chi connectivity index (χ0n) is 22.9. The Hall–Kier alpha value is -3.50. The fraction of sp³-hybridized carbons (Fsp3) is 0.235. The average Bonchev–Trinajstić information content (AvgIpc) is 3.36. The molecule has 0 radical (unpaired) electrons. The monoisotopic (exact) mass is 513 g/mol. The van der Waals surface area contributed by atoms with Crippen molar-refractivity contribution in [2.24, 2.45) is 0 Å². The van der Waals surface area contributed by atoms with Gasteiger partial charge in [-0.25, -0.2) is 0 Å². The van der Waals surface area contributed by atoms with Crippen LogP contribution in [0.5, 0.6) is 5.75 Å². The van der Waals surface area contributed by atoms with E-state index < -0.39 is 0 Å². The molecule has 4 heteroatoms. The molecule has 0 spiro atoms. The van der Waals surface area contributed by atoms with Crippen molar-refractivity contribution in [3.05, 3.63) is 95.4 Å². The van der Waals surface area contributed by atoms with E-state index in [1.807, 2.05) is 11.3 Å². The van der Waals surface area contributed by atoms with Crippen molar-refractivity contribution in [1.29, 1.82) is 0 Å². The number of rotatable bonds is 1. The fourth-order valence-corrected chi connectivity index (χ4v) is 6.88. The molecule has 0 saturated carbocycles. The Labute approximate surface area is 230 Å². The molecule has 0 amide bonds. The standard InChI is InChI=1S/C34H32BNOS/c1-33(2,3)22-11-14-24(15-12-22)36-28-16-13-23(34(4,5)6)20-27(28)35-30-26(25-9-7-8-10-29(25)37-35)19-21-17-18-38-32(21)31(30)36/h7-20H,1-6H3. The van der Waals surface area contributed by atoms with E-state index in [-0.39, 0.29) is 17.7 Å². The summed E-state index contributed by atoms with van der Waals surface area (Å²) in [4.78, 5) is 2.49. The van der Waals surface area contributed by atoms with Gasteiger partial charge < -0.3 is 9.55 Å². The number of fused-ring (bicyclic) bond motifs is 6. The highest BCUT2D eigenvalue weighted by atomic mass is 32.1. The van der Waals surface area contributed by atoms with Crippen LogP contribution in [0.15, 0.2) is 84.2 Å². The lowest BCUT2D eigenvalue weighted by Crippen LogP contribution is -2.56. The molecule has 38 heavy (non-hydrogen) atoms. The normalized spacial score (nSPS) is 14.2. The van der Waals surface area contributed by atoms with Gasteiger partial charge in [-0.05, 0) is 80.1 Å². The highest BCUT2D eigenvalue weighted by Crippen LogP contribution is 2.47. The minimum absolute atomic E-state index is 0.0433. The summed E-state index contributed by atoms with van der Waals surface area (Å²) in [6.07, 6.45) is 0. The van der Waals surface area contributed by atoms with Gasteiger partial charge in [0, 0.05) is 22.4 Å². The number of hydrogen-bond acceptors (Lipinski definition) is 3. The highest BCUT2D eigenvalue weighted by molar-refractivity contribution is 7.18. The molecule has 2 aliphatic rings. The SMILES string of the molecule is CC(C)(C)c1ccc(N2c3ccc(C(C)(C)C)cc3B3Oc4ccccc4-c4cc5ccsc5c2c43)cc1. The van der Waals surface area contributed by atoms with Gasteiger partial charge in [-0.2, -0.15) is 0 Å². The maximum absolute atomic E-state index is 6.89. The number of hydrogen-bond donors (Lipinski definition) is 0. The summed E-state index contributed by atoms with van der Waals surface area (Å²) in [7, 11) is 0. The number of para-hydroxylation sites is 1. The molecule has 1 aromatic heterocycles. The number of anilines is 3. The topological polar surface area (TPSA) is 12.5 Å². The van der Waals surface area contributed by atoms with Gasteiger partial charge in [0.15, 0.2) is 0 Å². The van der Waals surface area contributed by atoms with E-state index in [1.54, 1.807) is 0 Å².